The number of nitrogens with one attached hydrogen (secondary N) is 5. The third-order valence-electron chi connectivity index (χ3n) is 11.2. The second kappa shape index (κ2) is 19.1. The molecule has 0 unspecified atom stereocenters. The number of ether oxygens (including phenoxy) is 2. The number of methoxy groups -OCH3 is 2. The Morgan fingerprint density at radius 2 is 1.48 bits per heavy atom. The van der Waals surface area contributed by atoms with Crippen molar-refractivity contribution >= 4 is 45.9 Å². The van der Waals surface area contributed by atoms with E-state index < -0.39 is 35.5 Å². The SMILES string of the molecule is COC(=O)N[C@@H](C(=O)NCCCCc1ncc(-c2cc3oc4ccc(-c5cnc([C@@H]6CCCN6C(=O)[C@H](NC(=O)OC)c6ccccc6)[nH]5)cc4c(=O)c3cc2F)[nH]1)c1ccccc1. The number of imidazole rings is 2. The molecule has 64 heavy (non-hydrogen) atoms. The van der Waals surface area contributed by atoms with Crippen molar-refractivity contribution in [3.63, 3.8) is 0 Å². The van der Waals surface area contributed by atoms with Crippen LogP contribution in [0.5, 0.6) is 0 Å². The van der Waals surface area contributed by atoms with Crippen molar-refractivity contribution in [2.24, 2.45) is 0 Å². The van der Waals surface area contributed by atoms with E-state index in [0.29, 0.717) is 84.1 Å². The zero-order valence-corrected chi connectivity index (χ0v) is 35.0. The summed E-state index contributed by atoms with van der Waals surface area (Å²) in [6, 6.07) is 23.3. The number of aromatic amines is 2. The minimum absolute atomic E-state index is 0.0721. The number of H-pyrrole nitrogens is 2. The fourth-order valence-electron chi connectivity index (χ4n) is 7.97. The van der Waals surface area contributed by atoms with Gasteiger partial charge in [0.05, 0.1) is 54.8 Å². The molecule has 5 N–H and O–H groups in total. The topological polar surface area (TPSA) is 214 Å². The predicted octanol–water partition coefficient (Wildman–Crippen LogP) is 7.16. The van der Waals surface area contributed by atoms with Crippen molar-refractivity contribution in [3.05, 3.63) is 142 Å². The summed E-state index contributed by atoms with van der Waals surface area (Å²) >= 11 is 0. The molecule has 16 nitrogen and oxygen atoms in total. The predicted molar refractivity (Wildman–Crippen MR) is 234 cm³/mol. The first-order chi connectivity index (χ1) is 31.1. The first kappa shape index (κ1) is 42.9. The number of unbranched alkanes of at least 4 members (excludes halogenated alkanes) is 1. The number of benzene rings is 4. The van der Waals surface area contributed by atoms with Crippen molar-refractivity contribution in [3.8, 4) is 22.5 Å². The average molecular weight is 869 g/mol. The number of halogens is 1. The Morgan fingerprint density at radius 1 is 0.812 bits per heavy atom. The van der Waals surface area contributed by atoms with E-state index in [4.69, 9.17) is 9.15 Å². The van der Waals surface area contributed by atoms with Gasteiger partial charge < -0.3 is 44.7 Å². The van der Waals surface area contributed by atoms with E-state index in [0.717, 1.165) is 6.42 Å². The maximum absolute atomic E-state index is 15.8. The Morgan fingerprint density at radius 3 is 2.20 bits per heavy atom. The Bertz CT molecular complexity index is 2880. The van der Waals surface area contributed by atoms with E-state index in [1.807, 2.05) is 12.1 Å². The van der Waals surface area contributed by atoms with Gasteiger partial charge in [-0.3, -0.25) is 14.4 Å². The van der Waals surface area contributed by atoms with Crippen LogP contribution < -0.4 is 21.4 Å². The largest absolute Gasteiger partial charge is 0.456 e. The summed E-state index contributed by atoms with van der Waals surface area (Å²) < 4.78 is 31.4. The molecule has 3 aromatic heterocycles. The van der Waals surface area contributed by atoms with Crippen LogP contribution in [0.3, 0.4) is 0 Å². The number of hydrogen-bond acceptors (Lipinski definition) is 10. The molecule has 4 aromatic carbocycles. The van der Waals surface area contributed by atoms with Gasteiger partial charge in [0.15, 0.2) is 0 Å². The zero-order valence-electron chi connectivity index (χ0n) is 35.0. The molecule has 4 amide bonds. The van der Waals surface area contributed by atoms with Gasteiger partial charge in [-0.25, -0.2) is 23.9 Å². The van der Waals surface area contributed by atoms with Gasteiger partial charge in [-0.1, -0.05) is 60.7 Å². The molecule has 0 bridgehead atoms. The van der Waals surface area contributed by atoms with Crippen LogP contribution in [0.25, 0.3) is 44.5 Å². The number of alkyl carbamates (subject to hydrolysis) is 2. The Kier molecular flexibility index (Phi) is 12.8. The number of aromatic nitrogens is 4. The summed E-state index contributed by atoms with van der Waals surface area (Å²) in [5.41, 5.74) is 3.18. The summed E-state index contributed by atoms with van der Waals surface area (Å²) in [6.45, 7) is 0.820. The van der Waals surface area contributed by atoms with Crippen LogP contribution in [0.2, 0.25) is 0 Å². The van der Waals surface area contributed by atoms with Crippen molar-refractivity contribution in [2.75, 3.05) is 27.3 Å². The first-order valence-corrected chi connectivity index (χ1v) is 20.8. The minimum atomic E-state index is -0.957. The van der Waals surface area contributed by atoms with E-state index in [1.165, 1.54) is 32.5 Å². The number of fused-ring (bicyclic) bond motifs is 2. The molecule has 3 atom stereocenters. The highest BCUT2D eigenvalue weighted by Crippen LogP contribution is 2.35. The highest BCUT2D eigenvalue weighted by atomic mass is 19.1. The lowest BCUT2D eigenvalue weighted by molar-refractivity contribution is -0.134. The molecule has 0 spiro atoms. The number of hydrogen-bond donors (Lipinski definition) is 5. The van der Waals surface area contributed by atoms with Crippen molar-refractivity contribution in [2.45, 2.75) is 50.2 Å². The monoisotopic (exact) mass is 868 g/mol. The molecule has 17 heteroatoms. The maximum Gasteiger partial charge on any atom is 0.407 e. The first-order valence-electron chi connectivity index (χ1n) is 20.8. The van der Waals surface area contributed by atoms with E-state index in [1.54, 1.807) is 77.8 Å². The van der Waals surface area contributed by atoms with E-state index >= 15 is 4.39 Å². The van der Waals surface area contributed by atoms with Crippen molar-refractivity contribution in [1.29, 1.82) is 0 Å². The second-order valence-corrected chi connectivity index (χ2v) is 15.3. The van der Waals surface area contributed by atoms with Gasteiger partial charge in [-0.2, -0.15) is 0 Å². The van der Waals surface area contributed by atoms with Crippen LogP contribution >= 0.6 is 0 Å². The normalized spacial score (nSPS) is 14.5. The molecule has 0 saturated carbocycles. The van der Waals surface area contributed by atoms with Crippen LogP contribution in [0, 0.1) is 5.82 Å². The lowest BCUT2D eigenvalue weighted by Crippen LogP contribution is -2.42. The summed E-state index contributed by atoms with van der Waals surface area (Å²) in [4.78, 5) is 82.1. The fourth-order valence-corrected chi connectivity index (χ4v) is 7.97. The molecule has 8 rings (SSSR count). The fraction of sp³-hybridized carbons (Fsp3) is 0.255. The smallest absolute Gasteiger partial charge is 0.407 e. The zero-order chi connectivity index (χ0) is 44.7. The number of nitrogens with zero attached hydrogens (tertiary/aromatic N) is 3. The van der Waals surface area contributed by atoms with Gasteiger partial charge in [0.2, 0.25) is 11.3 Å². The van der Waals surface area contributed by atoms with Gasteiger partial charge in [-0.15, -0.1) is 0 Å². The molecule has 1 aliphatic rings. The number of likely N-dealkylation sites (tertiary alicyclic amines) is 1. The summed E-state index contributed by atoms with van der Waals surface area (Å²) in [6.07, 6.45) is 4.89. The highest BCUT2D eigenvalue weighted by Gasteiger charge is 2.37. The third-order valence-corrected chi connectivity index (χ3v) is 11.2. The second-order valence-electron chi connectivity index (χ2n) is 15.3. The van der Waals surface area contributed by atoms with Gasteiger partial charge in [0.25, 0.3) is 5.91 Å². The van der Waals surface area contributed by atoms with E-state index in [-0.39, 0.29) is 39.8 Å². The van der Waals surface area contributed by atoms with Crippen LogP contribution in [-0.4, -0.2) is 76.1 Å². The van der Waals surface area contributed by atoms with Gasteiger partial charge in [0.1, 0.15) is 40.7 Å². The van der Waals surface area contributed by atoms with Crippen molar-refractivity contribution < 1.29 is 37.5 Å². The Hall–Kier alpha value is -7.82. The Balaban J connectivity index is 0.932. The molecule has 0 aliphatic carbocycles. The Labute approximate surface area is 365 Å². The van der Waals surface area contributed by atoms with Crippen LogP contribution in [0.1, 0.15) is 66.6 Å². The third kappa shape index (κ3) is 9.18. The van der Waals surface area contributed by atoms with Crippen LogP contribution in [0.4, 0.5) is 14.0 Å². The molecule has 1 fully saturated rings. The van der Waals surface area contributed by atoms with Crippen molar-refractivity contribution in [1.82, 2.24) is 40.8 Å². The minimum Gasteiger partial charge on any atom is -0.456 e. The number of amides is 4. The summed E-state index contributed by atoms with van der Waals surface area (Å²) in [5, 5.41) is 8.41. The number of carbonyl (C=O) groups is 4. The molecular formula is C47H45FN8O8. The summed E-state index contributed by atoms with van der Waals surface area (Å²) in [7, 11) is 2.47. The van der Waals surface area contributed by atoms with Crippen LogP contribution in [-0.2, 0) is 25.5 Å². The molecule has 1 aliphatic heterocycles. The van der Waals surface area contributed by atoms with E-state index in [2.05, 4.69) is 40.6 Å². The molecule has 4 heterocycles. The maximum atomic E-state index is 15.8. The van der Waals surface area contributed by atoms with Crippen LogP contribution in [0.15, 0.2) is 113 Å². The highest BCUT2D eigenvalue weighted by molar-refractivity contribution is 5.93. The molecule has 7 aromatic rings. The van der Waals surface area contributed by atoms with Gasteiger partial charge >= 0.3 is 12.2 Å². The number of rotatable bonds is 14. The van der Waals surface area contributed by atoms with Gasteiger partial charge in [0, 0.05) is 30.6 Å². The number of aryl methyl sites for hydroxylation is 1. The lowest BCUT2D eigenvalue weighted by atomic mass is 10.0. The lowest BCUT2D eigenvalue weighted by Gasteiger charge is -2.28. The molecule has 328 valence electrons. The molecule has 0 radical (unpaired) electrons. The average Bonchev–Trinajstić information content (AvgIpc) is 4.12. The molecular weight excluding hydrogens is 824 g/mol. The van der Waals surface area contributed by atoms with Gasteiger partial charge in [-0.05, 0) is 67.1 Å². The standard InChI is InChI=1S/C47H45FN8O8/c1-62-46(60)54-40(27-12-5-3-6-13-27)44(58)49-20-10-9-17-39-50-26-35(52-39)30-24-38-32(23-33(30)48)42(57)31-22-29(18-19-37(31)64-38)34-25-51-43(53-34)36-16-11-21-56(36)45(59)41(55-47(61)63-2)28-14-7-4-8-15-28/h3-8,12-15,18-19,22-26,36,40-41H,9-11,16-17,20-21H2,1-2H3,(H,49,58)(H,50,52)(H,51,53)(H,54,60)(H,55,61)/t36-,40+,41+/m0/s1. The molecule has 1 saturated heterocycles. The summed E-state index contributed by atoms with van der Waals surface area (Å²) in [5.74, 6) is -0.127. The van der Waals surface area contributed by atoms with E-state index in [9.17, 15) is 24.0 Å². The quantitative estimate of drug-likeness (QED) is 0.0549. The number of carbonyl (C=O) groups excluding carboxylic acids is 4.